The Bertz CT molecular complexity index is 383. The topological polar surface area (TPSA) is 26.0 Å². The summed E-state index contributed by atoms with van der Waals surface area (Å²) in [5, 5.41) is 0. The Morgan fingerprint density at radius 1 is 1.22 bits per heavy atom. The SMILES string of the molecule is CC(C)(C)CCCC(N)Cc1cccc(F)c1F. The van der Waals surface area contributed by atoms with Gasteiger partial charge in [0.15, 0.2) is 11.6 Å². The fraction of sp³-hybridized carbons (Fsp3) is 0.600. The molecule has 0 aliphatic rings. The van der Waals surface area contributed by atoms with Gasteiger partial charge >= 0.3 is 0 Å². The highest BCUT2D eigenvalue weighted by molar-refractivity contribution is 5.19. The maximum Gasteiger partial charge on any atom is 0.162 e. The second-order valence-electron chi connectivity index (χ2n) is 6.13. The van der Waals surface area contributed by atoms with Crippen LogP contribution in [-0.2, 0) is 6.42 Å². The van der Waals surface area contributed by atoms with E-state index in [1.54, 1.807) is 6.07 Å². The zero-order valence-corrected chi connectivity index (χ0v) is 11.5. The Morgan fingerprint density at radius 2 is 1.89 bits per heavy atom. The summed E-state index contributed by atoms with van der Waals surface area (Å²) in [6.45, 7) is 6.56. The highest BCUT2D eigenvalue weighted by Gasteiger charge is 2.14. The first-order valence-corrected chi connectivity index (χ1v) is 6.48. The molecule has 0 amide bonds. The van der Waals surface area contributed by atoms with E-state index in [0.29, 0.717) is 17.4 Å². The smallest absolute Gasteiger partial charge is 0.162 e. The highest BCUT2D eigenvalue weighted by atomic mass is 19.2. The average Bonchev–Trinajstić information content (AvgIpc) is 2.23. The van der Waals surface area contributed by atoms with E-state index in [0.717, 1.165) is 25.3 Å². The van der Waals surface area contributed by atoms with Gasteiger partial charge in [-0.2, -0.15) is 0 Å². The zero-order chi connectivity index (χ0) is 13.8. The Kier molecular flexibility index (Phi) is 5.27. The van der Waals surface area contributed by atoms with Crippen LogP contribution in [0.4, 0.5) is 8.78 Å². The summed E-state index contributed by atoms with van der Waals surface area (Å²) in [5.41, 5.74) is 6.63. The summed E-state index contributed by atoms with van der Waals surface area (Å²) >= 11 is 0. The molecule has 0 bridgehead atoms. The molecule has 18 heavy (non-hydrogen) atoms. The molecule has 0 saturated heterocycles. The van der Waals surface area contributed by atoms with E-state index in [1.165, 1.54) is 6.07 Å². The predicted octanol–water partition coefficient (Wildman–Crippen LogP) is 4.05. The second-order valence-corrected chi connectivity index (χ2v) is 6.13. The van der Waals surface area contributed by atoms with Crippen LogP contribution in [0.15, 0.2) is 18.2 Å². The molecule has 1 atom stereocenters. The Hall–Kier alpha value is -0.960. The molecule has 1 aromatic carbocycles. The van der Waals surface area contributed by atoms with Gasteiger partial charge in [-0.25, -0.2) is 8.78 Å². The van der Waals surface area contributed by atoms with Crippen molar-refractivity contribution in [3.05, 3.63) is 35.4 Å². The summed E-state index contributed by atoms with van der Waals surface area (Å²) in [4.78, 5) is 0. The lowest BCUT2D eigenvalue weighted by atomic mass is 9.88. The van der Waals surface area contributed by atoms with Crippen molar-refractivity contribution < 1.29 is 8.78 Å². The van der Waals surface area contributed by atoms with E-state index < -0.39 is 11.6 Å². The molecule has 0 spiro atoms. The van der Waals surface area contributed by atoms with Crippen molar-refractivity contribution in [2.24, 2.45) is 11.1 Å². The standard InChI is InChI=1S/C15H23F2N/c1-15(2,3)9-5-7-12(18)10-11-6-4-8-13(16)14(11)17/h4,6,8,12H,5,7,9-10,18H2,1-3H3. The molecule has 1 unspecified atom stereocenters. The van der Waals surface area contributed by atoms with Gasteiger partial charge in [0.1, 0.15) is 0 Å². The van der Waals surface area contributed by atoms with Crippen LogP contribution in [0.3, 0.4) is 0 Å². The van der Waals surface area contributed by atoms with Crippen LogP contribution in [0.5, 0.6) is 0 Å². The van der Waals surface area contributed by atoms with Crippen LogP contribution in [0.25, 0.3) is 0 Å². The minimum Gasteiger partial charge on any atom is -0.327 e. The summed E-state index contributed by atoms with van der Waals surface area (Å²) < 4.78 is 26.5. The molecule has 0 aliphatic carbocycles. The monoisotopic (exact) mass is 255 g/mol. The molecule has 0 radical (unpaired) electrons. The third kappa shape index (κ3) is 5.13. The van der Waals surface area contributed by atoms with Gasteiger partial charge in [0.05, 0.1) is 0 Å². The quantitative estimate of drug-likeness (QED) is 0.844. The molecule has 1 nitrogen and oxygen atoms in total. The molecule has 0 heterocycles. The van der Waals surface area contributed by atoms with Crippen LogP contribution < -0.4 is 5.73 Å². The molecule has 2 N–H and O–H groups in total. The van der Waals surface area contributed by atoms with E-state index in [1.807, 2.05) is 0 Å². The van der Waals surface area contributed by atoms with Crippen molar-refractivity contribution in [1.29, 1.82) is 0 Å². The van der Waals surface area contributed by atoms with E-state index in [4.69, 9.17) is 5.73 Å². The first-order valence-electron chi connectivity index (χ1n) is 6.48. The van der Waals surface area contributed by atoms with Crippen LogP contribution in [0.1, 0.15) is 45.6 Å². The van der Waals surface area contributed by atoms with E-state index in [2.05, 4.69) is 20.8 Å². The Balaban J connectivity index is 2.45. The molecule has 102 valence electrons. The van der Waals surface area contributed by atoms with Gasteiger partial charge in [-0.05, 0) is 36.3 Å². The molecule has 0 saturated carbocycles. The largest absolute Gasteiger partial charge is 0.327 e. The predicted molar refractivity (Wildman–Crippen MR) is 71.3 cm³/mol. The summed E-state index contributed by atoms with van der Waals surface area (Å²) in [6, 6.07) is 4.14. The number of halogens is 2. The van der Waals surface area contributed by atoms with Crippen LogP contribution in [0.2, 0.25) is 0 Å². The highest BCUT2D eigenvalue weighted by Crippen LogP contribution is 2.22. The van der Waals surface area contributed by atoms with Gasteiger partial charge in [-0.3, -0.25) is 0 Å². The number of nitrogens with two attached hydrogens (primary N) is 1. The van der Waals surface area contributed by atoms with Crippen LogP contribution in [-0.4, -0.2) is 6.04 Å². The fourth-order valence-electron chi connectivity index (χ4n) is 1.99. The lowest BCUT2D eigenvalue weighted by molar-refractivity contribution is 0.351. The molecular formula is C15H23F2N. The van der Waals surface area contributed by atoms with Gasteiger partial charge in [-0.1, -0.05) is 39.3 Å². The Labute approximate surface area is 108 Å². The second kappa shape index (κ2) is 6.28. The van der Waals surface area contributed by atoms with E-state index >= 15 is 0 Å². The summed E-state index contributed by atoms with van der Waals surface area (Å²) in [5.74, 6) is -1.56. The molecule has 0 aliphatic heterocycles. The summed E-state index contributed by atoms with van der Waals surface area (Å²) in [7, 11) is 0. The minimum atomic E-state index is -0.797. The molecule has 3 heteroatoms. The number of benzene rings is 1. The minimum absolute atomic E-state index is 0.108. The molecule has 1 aromatic rings. The third-order valence-electron chi connectivity index (χ3n) is 3.02. The van der Waals surface area contributed by atoms with Gasteiger partial charge < -0.3 is 5.73 Å². The van der Waals surface area contributed by atoms with Crippen molar-refractivity contribution in [2.45, 2.75) is 52.5 Å². The molecule has 1 rings (SSSR count). The maximum atomic E-state index is 13.4. The van der Waals surface area contributed by atoms with Gasteiger partial charge in [0.2, 0.25) is 0 Å². The molecule has 0 fully saturated rings. The maximum absolute atomic E-state index is 13.4. The van der Waals surface area contributed by atoms with Crippen molar-refractivity contribution >= 4 is 0 Å². The normalized spacial score (nSPS) is 13.7. The van der Waals surface area contributed by atoms with Crippen molar-refractivity contribution in [3.8, 4) is 0 Å². The Morgan fingerprint density at radius 3 is 2.50 bits per heavy atom. The molecule has 0 aromatic heterocycles. The van der Waals surface area contributed by atoms with E-state index in [-0.39, 0.29) is 6.04 Å². The number of hydrogen-bond donors (Lipinski definition) is 1. The van der Waals surface area contributed by atoms with Crippen LogP contribution >= 0.6 is 0 Å². The lowest BCUT2D eigenvalue weighted by Crippen LogP contribution is -2.24. The zero-order valence-electron chi connectivity index (χ0n) is 11.5. The fourth-order valence-corrected chi connectivity index (χ4v) is 1.99. The van der Waals surface area contributed by atoms with Crippen molar-refractivity contribution in [3.63, 3.8) is 0 Å². The number of rotatable bonds is 5. The van der Waals surface area contributed by atoms with Gasteiger partial charge in [0, 0.05) is 6.04 Å². The van der Waals surface area contributed by atoms with Gasteiger partial charge in [0.25, 0.3) is 0 Å². The van der Waals surface area contributed by atoms with Crippen molar-refractivity contribution in [1.82, 2.24) is 0 Å². The van der Waals surface area contributed by atoms with Crippen molar-refractivity contribution in [2.75, 3.05) is 0 Å². The number of hydrogen-bond acceptors (Lipinski definition) is 1. The first-order chi connectivity index (χ1) is 8.29. The van der Waals surface area contributed by atoms with E-state index in [9.17, 15) is 8.78 Å². The van der Waals surface area contributed by atoms with Gasteiger partial charge in [-0.15, -0.1) is 0 Å². The van der Waals surface area contributed by atoms with Crippen LogP contribution in [0, 0.1) is 17.0 Å². The summed E-state index contributed by atoms with van der Waals surface area (Å²) in [6.07, 6.45) is 3.34. The average molecular weight is 255 g/mol. The first kappa shape index (κ1) is 15.1. The lowest BCUT2D eigenvalue weighted by Gasteiger charge is -2.19. The molecular weight excluding hydrogens is 232 g/mol. The third-order valence-corrected chi connectivity index (χ3v) is 3.02.